The number of amidine groups is 1. The molecule has 1 saturated heterocycles. The molecule has 0 spiro atoms. The molecule has 1 amide bonds. The van der Waals surface area contributed by atoms with Crippen LogP contribution in [0.4, 0.5) is 0 Å². The highest BCUT2D eigenvalue weighted by molar-refractivity contribution is 8.00. The van der Waals surface area contributed by atoms with E-state index in [0.717, 1.165) is 0 Å². The molecule has 114 valence electrons. The van der Waals surface area contributed by atoms with Crippen molar-refractivity contribution in [2.75, 3.05) is 19.3 Å². The molecule has 0 aliphatic carbocycles. The van der Waals surface area contributed by atoms with Crippen molar-refractivity contribution < 1.29 is 10.0 Å². The van der Waals surface area contributed by atoms with Crippen molar-refractivity contribution in [3.8, 4) is 0 Å². The number of halogens is 1. The summed E-state index contributed by atoms with van der Waals surface area (Å²) >= 11 is 7.48. The highest BCUT2D eigenvalue weighted by Crippen LogP contribution is 2.35. The molecule has 0 unspecified atom stereocenters. The summed E-state index contributed by atoms with van der Waals surface area (Å²) in [5, 5.41) is 12.6. The molecular formula is C14H18ClN3O2S. The van der Waals surface area contributed by atoms with Crippen LogP contribution in [-0.4, -0.2) is 45.9 Å². The number of carbonyl (C=O) groups is 1. The van der Waals surface area contributed by atoms with E-state index >= 15 is 0 Å². The molecule has 1 aliphatic heterocycles. The van der Waals surface area contributed by atoms with Crippen LogP contribution >= 0.6 is 23.4 Å². The minimum absolute atomic E-state index is 0.0355. The molecule has 0 aromatic heterocycles. The van der Waals surface area contributed by atoms with Crippen molar-refractivity contribution in [3.05, 3.63) is 34.9 Å². The number of nitrogens with zero attached hydrogens (tertiary/aromatic N) is 2. The standard InChI is InChI=1S/C14H18ClN3O2S/c1-21-14(13(16)17-20)5-7-18(8-6-14)12(19)10-3-2-4-11(15)9-10/h2-4,9,20H,5-8H2,1H3,(H2,16,17). The molecule has 1 fully saturated rings. The minimum atomic E-state index is -0.389. The molecule has 1 aromatic carbocycles. The molecule has 7 heteroatoms. The molecule has 0 bridgehead atoms. The summed E-state index contributed by atoms with van der Waals surface area (Å²) < 4.78 is -0.389. The maximum Gasteiger partial charge on any atom is 0.253 e. The quantitative estimate of drug-likeness (QED) is 0.387. The number of benzene rings is 1. The first kappa shape index (κ1) is 16.0. The molecule has 21 heavy (non-hydrogen) atoms. The van der Waals surface area contributed by atoms with Gasteiger partial charge in [-0.2, -0.15) is 11.8 Å². The minimum Gasteiger partial charge on any atom is -0.409 e. The van der Waals surface area contributed by atoms with E-state index in [1.807, 2.05) is 6.26 Å². The molecule has 0 saturated carbocycles. The van der Waals surface area contributed by atoms with Crippen LogP contribution < -0.4 is 5.73 Å². The number of amides is 1. The molecule has 2 rings (SSSR count). The predicted molar refractivity (Wildman–Crippen MR) is 86.2 cm³/mol. The Morgan fingerprint density at radius 3 is 2.67 bits per heavy atom. The van der Waals surface area contributed by atoms with Gasteiger partial charge in [-0.05, 0) is 37.3 Å². The Bertz CT molecular complexity index is 557. The van der Waals surface area contributed by atoms with Crippen molar-refractivity contribution in [1.82, 2.24) is 4.90 Å². The van der Waals surface area contributed by atoms with Gasteiger partial charge in [-0.1, -0.05) is 22.8 Å². The van der Waals surface area contributed by atoms with Gasteiger partial charge in [-0.25, -0.2) is 0 Å². The Labute approximate surface area is 133 Å². The van der Waals surface area contributed by atoms with E-state index in [0.29, 0.717) is 36.5 Å². The first-order valence-electron chi connectivity index (χ1n) is 6.60. The Hall–Kier alpha value is -1.40. The number of nitrogens with two attached hydrogens (primary N) is 1. The molecule has 1 aliphatic rings. The van der Waals surface area contributed by atoms with Crippen molar-refractivity contribution in [2.24, 2.45) is 10.9 Å². The van der Waals surface area contributed by atoms with Gasteiger partial charge in [0, 0.05) is 23.7 Å². The third-order valence-electron chi connectivity index (χ3n) is 3.90. The lowest BCUT2D eigenvalue weighted by atomic mass is 9.94. The topological polar surface area (TPSA) is 78.9 Å². The summed E-state index contributed by atoms with van der Waals surface area (Å²) in [5.41, 5.74) is 6.39. The molecule has 0 atom stereocenters. The number of oxime groups is 1. The van der Waals surface area contributed by atoms with E-state index in [1.165, 1.54) is 0 Å². The molecule has 0 radical (unpaired) electrons. The summed E-state index contributed by atoms with van der Waals surface area (Å²) in [5.74, 6) is 0.191. The number of hydrogen-bond acceptors (Lipinski definition) is 4. The summed E-state index contributed by atoms with van der Waals surface area (Å²) in [6, 6.07) is 6.94. The van der Waals surface area contributed by atoms with Gasteiger partial charge in [0.25, 0.3) is 5.91 Å². The van der Waals surface area contributed by atoms with Crippen LogP contribution in [0, 0.1) is 0 Å². The molecule has 3 N–H and O–H groups in total. The average molecular weight is 328 g/mol. The second-order valence-electron chi connectivity index (χ2n) is 4.99. The van der Waals surface area contributed by atoms with Crippen LogP contribution in [0.1, 0.15) is 23.2 Å². The van der Waals surface area contributed by atoms with Crippen LogP contribution in [0.15, 0.2) is 29.4 Å². The molecule has 5 nitrogen and oxygen atoms in total. The van der Waals surface area contributed by atoms with E-state index < -0.39 is 0 Å². The third-order valence-corrected chi connectivity index (χ3v) is 5.53. The Balaban J connectivity index is 2.09. The van der Waals surface area contributed by atoms with E-state index in [4.69, 9.17) is 22.5 Å². The maximum atomic E-state index is 12.4. The zero-order valence-electron chi connectivity index (χ0n) is 11.8. The number of rotatable bonds is 3. The van der Waals surface area contributed by atoms with Gasteiger partial charge >= 0.3 is 0 Å². The molecular weight excluding hydrogens is 310 g/mol. The lowest BCUT2D eigenvalue weighted by Crippen LogP contribution is -2.51. The number of piperidine rings is 1. The second kappa shape index (κ2) is 6.58. The monoisotopic (exact) mass is 327 g/mol. The lowest BCUT2D eigenvalue weighted by molar-refractivity contribution is 0.0718. The second-order valence-corrected chi connectivity index (χ2v) is 6.61. The summed E-state index contributed by atoms with van der Waals surface area (Å²) in [4.78, 5) is 14.2. The van der Waals surface area contributed by atoms with E-state index in [9.17, 15) is 4.79 Å². The fourth-order valence-corrected chi connectivity index (χ4v) is 3.56. The smallest absolute Gasteiger partial charge is 0.253 e. The third kappa shape index (κ3) is 3.27. The van der Waals surface area contributed by atoms with Crippen molar-refractivity contribution in [2.45, 2.75) is 17.6 Å². The first-order valence-corrected chi connectivity index (χ1v) is 8.21. The fraction of sp³-hybridized carbons (Fsp3) is 0.429. The van der Waals surface area contributed by atoms with Crippen LogP contribution in [0.5, 0.6) is 0 Å². The highest BCUT2D eigenvalue weighted by atomic mass is 35.5. The lowest BCUT2D eigenvalue weighted by Gasteiger charge is -2.39. The largest absolute Gasteiger partial charge is 0.409 e. The highest BCUT2D eigenvalue weighted by Gasteiger charge is 2.39. The number of carbonyl (C=O) groups excluding carboxylic acids is 1. The molecule has 1 heterocycles. The zero-order valence-corrected chi connectivity index (χ0v) is 13.3. The molecule has 1 aromatic rings. The first-order chi connectivity index (χ1) is 10.0. The van der Waals surface area contributed by atoms with Gasteiger partial charge in [0.2, 0.25) is 0 Å². The van der Waals surface area contributed by atoms with Gasteiger partial charge in [0.1, 0.15) is 0 Å². The fourth-order valence-electron chi connectivity index (χ4n) is 2.53. The number of hydrogen-bond donors (Lipinski definition) is 2. The maximum absolute atomic E-state index is 12.4. The average Bonchev–Trinajstić information content (AvgIpc) is 2.53. The number of thioether (sulfide) groups is 1. The Kier molecular flexibility index (Phi) is 5.00. The van der Waals surface area contributed by atoms with E-state index in [1.54, 1.807) is 40.9 Å². The van der Waals surface area contributed by atoms with Gasteiger partial charge in [0.15, 0.2) is 5.84 Å². The van der Waals surface area contributed by atoms with Crippen LogP contribution in [0.3, 0.4) is 0 Å². The van der Waals surface area contributed by atoms with Gasteiger partial charge in [-0.15, -0.1) is 0 Å². The van der Waals surface area contributed by atoms with Crippen LogP contribution in [-0.2, 0) is 0 Å². The van der Waals surface area contributed by atoms with Crippen molar-refractivity contribution in [1.29, 1.82) is 0 Å². The summed E-state index contributed by atoms with van der Waals surface area (Å²) in [7, 11) is 0. The van der Waals surface area contributed by atoms with Crippen molar-refractivity contribution >= 4 is 35.1 Å². The number of likely N-dealkylation sites (tertiary alicyclic amines) is 1. The summed E-state index contributed by atoms with van der Waals surface area (Å²) in [6.07, 6.45) is 3.26. The Morgan fingerprint density at radius 1 is 1.48 bits per heavy atom. The SMILES string of the molecule is CSC1(C(N)=NO)CCN(C(=O)c2cccc(Cl)c2)CC1. The predicted octanol–water partition coefficient (Wildman–Crippen LogP) is 2.42. The van der Waals surface area contributed by atoms with E-state index in [2.05, 4.69) is 5.16 Å². The van der Waals surface area contributed by atoms with Gasteiger partial charge < -0.3 is 15.8 Å². The van der Waals surface area contributed by atoms with Gasteiger partial charge in [0.05, 0.1) is 4.75 Å². The Morgan fingerprint density at radius 2 is 2.14 bits per heavy atom. The van der Waals surface area contributed by atoms with Crippen LogP contribution in [0.25, 0.3) is 0 Å². The van der Waals surface area contributed by atoms with E-state index in [-0.39, 0.29) is 16.5 Å². The summed E-state index contributed by atoms with van der Waals surface area (Å²) in [6.45, 7) is 1.14. The zero-order chi connectivity index (χ0) is 15.5. The van der Waals surface area contributed by atoms with Crippen LogP contribution in [0.2, 0.25) is 5.02 Å². The van der Waals surface area contributed by atoms with Crippen molar-refractivity contribution in [3.63, 3.8) is 0 Å². The van der Waals surface area contributed by atoms with Gasteiger partial charge in [-0.3, -0.25) is 4.79 Å². The normalized spacial score (nSPS) is 18.6.